The van der Waals surface area contributed by atoms with Gasteiger partial charge in [0.25, 0.3) is 5.09 Å². The minimum Gasteiger partial charge on any atom is -0.460 e. The van der Waals surface area contributed by atoms with Crippen LogP contribution in [0.15, 0.2) is 45.4 Å². The fourth-order valence-corrected chi connectivity index (χ4v) is 3.51. The first-order valence-corrected chi connectivity index (χ1v) is 9.75. The Morgan fingerprint density at radius 2 is 1.84 bits per heavy atom. The first-order valence-electron chi connectivity index (χ1n) is 9.75. The van der Waals surface area contributed by atoms with Crippen molar-refractivity contribution < 1.29 is 33.6 Å². The van der Waals surface area contributed by atoms with E-state index in [0.29, 0.717) is 28.0 Å². The molecule has 1 unspecified atom stereocenters. The Kier molecular flexibility index (Phi) is 6.71. The molecule has 0 saturated carbocycles. The number of hydrogen-bond acceptors (Lipinski definition) is 11. The molecule has 3 rings (SSSR count). The number of carbonyl (C=O) groups excluding carboxylic acids is 2. The Balaban J connectivity index is 2.07. The van der Waals surface area contributed by atoms with E-state index in [4.69, 9.17) is 14.1 Å². The summed E-state index contributed by atoms with van der Waals surface area (Å²) < 4.78 is 15.5. The van der Waals surface area contributed by atoms with E-state index in [0.717, 1.165) is 0 Å². The van der Waals surface area contributed by atoms with E-state index < -0.39 is 35.7 Å². The van der Waals surface area contributed by atoms with Gasteiger partial charge in [0.15, 0.2) is 0 Å². The van der Waals surface area contributed by atoms with Crippen LogP contribution < -0.4 is 5.32 Å². The van der Waals surface area contributed by atoms with Crippen molar-refractivity contribution in [1.29, 1.82) is 0 Å². The van der Waals surface area contributed by atoms with Gasteiger partial charge in [-0.15, -0.1) is 10.1 Å². The summed E-state index contributed by atoms with van der Waals surface area (Å²) in [5.74, 6) is -2.29. The van der Waals surface area contributed by atoms with Gasteiger partial charge in [0, 0.05) is 11.4 Å². The standard InChI is InChI=1S/C20H22N4O8/c1-10(2)31-20(26)16-12(4)21-11(3)15(19(25)29-8-9-30-24(27)28)17(16)13-6-5-7-14-18(13)23-32-22-14/h5-7,10,17,21H,8-9H2,1-4H3. The van der Waals surface area contributed by atoms with Crippen molar-refractivity contribution in [3.8, 4) is 0 Å². The number of hydrogen-bond donors (Lipinski definition) is 1. The number of dihydropyridines is 1. The summed E-state index contributed by atoms with van der Waals surface area (Å²) in [7, 11) is 0. The number of nitrogens with zero attached hydrogens (tertiary/aromatic N) is 3. The molecule has 1 atom stereocenters. The lowest BCUT2D eigenvalue weighted by Crippen LogP contribution is -2.33. The molecule has 32 heavy (non-hydrogen) atoms. The second kappa shape index (κ2) is 9.45. The van der Waals surface area contributed by atoms with E-state index in [2.05, 4.69) is 20.5 Å². The van der Waals surface area contributed by atoms with Crippen LogP contribution in [0.5, 0.6) is 0 Å². The van der Waals surface area contributed by atoms with Gasteiger partial charge in [-0.3, -0.25) is 0 Å². The van der Waals surface area contributed by atoms with Crippen molar-refractivity contribution in [1.82, 2.24) is 15.6 Å². The third-order valence-electron chi connectivity index (χ3n) is 4.68. The molecule has 1 N–H and O–H groups in total. The second-order valence-electron chi connectivity index (χ2n) is 7.26. The lowest BCUT2D eigenvalue weighted by Gasteiger charge is -2.30. The summed E-state index contributed by atoms with van der Waals surface area (Å²) in [4.78, 5) is 40.6. The van der Waals surface area contributed by atoms with Crippen LogP contribution in [0.3, 0.4) is 0 Å². The molecule has 1 aliphatic heterocycles. The molecule has 0 amide bonds. The number of rotatable bonds is 8. The largest absolute Gasteiger partial charge is 0.460 e. The SMILES string of the molecule is CC1=C(C(=O)OCCO[N+](=O)[O-])C(c2cccc3nonc23)C(C(=O)OC(C)C)=C(C)N1. The molecular weight excluding hydrogens is 424 g/mol. The average Bonchev–Trinajstić information content (AvgIpc) is 3.18. The van der Waals surface area contributed by atoms with Crippen LogP contribution in [0, 0.1) is 10.1 Å². The molecule has 12 heteroatoms. The van der Waals surface area contributed by atoms with Gasteiger partial charge in [0.05, 0.1) is 23.2 Å². The fraction of sp³-hybridized carbons (Fsp3) is 0.400. The molecule has 0 aliphatic carbocycles. The van der Waals surface area contributed by atoms with Crippen LogP contribution in [0.2, 0.25) is 0 Å². The Hall–Kier alpha value is -3.96. The summed E-state index contributed by atoms with van der Waals surface area (Å²) in [5, 5.41) is 20.1. The van der Waals surface area contributed by atoms with E-state index in [1.165, 1.54) is 0 Å². The predicted molar refractivity (Wildman–Crippen MR) is 108 cm³/mol. The van der Waals surface area contributed by atoms with Gasteiger partial charge in [-0.05, 0) is 49.6 Å². The first-order chi connectivity index (χ1) is 15.2. The topological polar surface area (TPSA) is 156 Å². The number of ether oxygens (including phenoxy) is 2. The van der Waals surface area contributed by atoms with E-state index >= 15 is 0 Å². The third-order valence-corrected chi connectivity index (χ3v) is 4.68. The highest BCUT2D eigenvalue weighted by molar-refractivity contribution is 6.01. The van der Waals surface area contributed by atoms with Gasteiger partial charge >= 0.3 is 11.9 Å². The zero-order valence-electron chi connectivity index (χ0n) is 17.9. The van der Waals surface area contributed by atoms with Crippen molar-refractivity contribution >= 4 is 23.0 Å². The maximum Gasteiger partial charge on any atom is 0.337 e. The molecule has 1 aromatic heterocycles. The summed E-state index contributed by atoms with van der Waals surface area (Å²) >= 11 is 0. The third kappa shape index (κ3) is 4.68. The van der Waals surface area contributed by atoms with Crippen LogP contribution in [0.25, 0.3) is 11.0 Å². The van der Waals surface area contributed by atoms with Crippen LogP contribution >= 0.6 is 0 Å². The molecule has 0 spiro atoms. The highest BCUT2D eigenvalue weighted by Gasteiger charge is 2.39. The van der Waals surface area contributed by atoms with E-state index in [-0.39, 0.29) is 17.8 Å². The zero-order valence-corrected chi connectivity index (χ0v) is 17.9. The number of fused-ring (bicyclic) bond motifs is 1. The molecular formula is C20H22N4O8. The first kappa shape index (κ1) is 22.7. The minimum absolute atomic E-state index is 0.128. The summed E-state index contributed by atoms with van der Waals surface area (Å²) in [5.41, 5.74) is 2.59. The van der Waals surface area contributed by atoms with Crippen LogP contribution in [-0.4, -0.2) is 46.7 Å². The Morgan fingerprint density at radius 1 is 1.16 bits per heavy atom. The molecule has 0 saturated heterocycles. The second-order valence-corrected chi connectivity index (χ2v) is 7.26. The lowest BCUT2D eigenvalue weighted by molar-refractivity contribution is -0.757. The van der Waals surface area contributed by atoms with Crippen molar-refractivity contribution in [3.05, 3.63) is 56.4 Å². The van der Waals surface area contributed by atoms with Crippen molar-refractivity contribution in [3.63, 3.8) is 0 Å². The molecule has 1 aliphatic rings. The zero-order chi connectivity index (χ0) is 23.4. The van der Waals surface area contributed by atoms with E-state index in [1.54, 1.807) is 45.9 Å². The van der Waals surface area contributed by atoms with Crippen LogP contribution in [-0.2, 0) is 23.9 Å². The molecule has 0 fully saturated rings. The summed E-state index contributed by atoms with van der Waals surface area (Å²) in [6.45, 7) is 6.00. The molecule has 0 radical (unpaired) electrons. The molecule has 170 valence electrons. The van der Waals surface area contributed by atoms with E-state index in [9.17, 15) is 19.7 Å². The lowest BCUT2D eigenvalue weighted by atomic mass is 9.80. The van der Waals surface area contributed by atoms with Gasteiger partial charge in [-0.1, -0.05) is 12.1 Å². The summed E-state index contributed by atoms with van der Waals surface area (Å²) in [6, 6.07) is 5.09. The smallest absolute Gasteiger partial charge is 0.337 e. The number of benzene rings is 1. The Labute approximate surface area is 182 Å². The van der Waals surface area contributed by atoms with Crippen molar-refractivity contribution in [2.24, 2.45) is 0 Å². The van der Waals surface area contributed by atoms with Gasteiger partial charge in [-0.2, -0.15) is 0 Å². The molecule has 2 heterocycles. The highest BCUT2D eigenvalue weighted by Crippen LogP contribution is 2.41. The van der Waals surface area contributed by atoms with Crippen molar-refractivity contribution in [2.45, 2.75) is 39.7 Å². The van der Waals surface area contributed by atoms with Gasteiger partial charge in [0.2, 0.25) is 0 Å². The van der Waals surface area contributed by atoms with Crippen LogP contribution in [0.1, 0.15) is 39.2 Å². The normalized spacial score (nSPS) is 16.2. The van der Waals surface area contributed by atoms with Gasteiger partial charge in [0.1, 0.15) is 24.2 Å². The van der Waals surface area contributed by atoms with Crippen LogP contribution in [0.4, 0.5) is 0 Å². The molecule has 12 nitrogen and oxygen atoms in total. The minimum atomic E-state index is -0.978. The Bertz CT molecular complexity index is 1120. The van der Waals surface area contributed by atoms with Crippen molar-refractivity contribution in [2.75, 3.05) is 13.2 Å². The summed E-state index contributed by atoms with van der Waals surface area (Å²) in [6.07, 6.45) is -0.394. The number of allylic oxidation sites excluding steroid dienone is 2. The van der Waals surface area contributed by atoms with Gasteiger partial charge < -0.3 is 19.6 Å². The predicted octanol–water partition coefficient (Wildman–Crippen LogP) is 2.16. The number of carbonyl (C=O) groups is 2. The molecule has 0 bridgehead atoms. The number of nitrogens with one attached hydrogen (secondary N) is 1. The van der Waals surface area contributed by atoms with Gasteiger partial charge in [-0.25, -0.2) is 14.2 Å². The monoisotopic (exact) mass is 446 g/mol. The maximum absolute atomic E-state index is 13.0. The maximum atomic E-state index is 13.0. The molecule has 1 aromatic carbocycles. The highest BCUT2D eigenvalue weighted by atomic mass is 17.0. The number of aromatic nitrogens is 2. The number of esters is 2. The quantitative estimate of drug-likeness (QED) is 0.274. The Morgan fingerprint density at radius 3 is 2.50 bits per heavy atom. The van der Waals surface area contributed by atoms with E-state index in [1.807, 2.05) is 0 Å². The average molecular weight is 446 g/mol. The molecule has 2 aromatic rings. The fourth-order valence-electron chi connectivity index (χ4n) is 3.51.